The molecular formula is C14H18N4O3S. The number of hydrogen-bond acceptors (Lipinski definition) is 4. The summed E-state index contributed by atoms with van der Waals surface area (Å²) >= 11 is 5.00. The number of nitrogens with zero attached hydrogens (tertiary/aromatic N) is 1. The van der Waals surface area contributed by atoms with Gasteiger partial charge in [0.1, 0.15) is 0 Å². The number of nitrogens with one attached hydrogen (secondary N) is 3. The van der Waals surface area contributed by atoms with Gasteiger partial charge in [0.05, 0.1) is 10.5 Å². The highest BCUT2D eigenvalue weighted by molar-refractivity contribution is 7.80. The molecule has 0 saturated heterocycles. The van der Waals surface area contributed by atoms with Gasteiger partial charge in [-0.2, -0.15) is 0 Å². The van der Waals surface area contributed by atoms with Gasteiger partial charge in [-0.1, -0.05) is 12.1 Å². The zero-order chi connectivity index (χ0) is 16.8. The van der Waals surface area contributed by atoms with Crippen LogP contribution in [-0.4, -0.2) is 21.5 Å². The molecule has 0 heterocycles. The first kappa shape index (κ1) is 17.6. The Morgan fingerprint density at radius 2 is 1.91 bits per heavy atom. The lowest BCUT2D eigenvalue weighted by atomic mass is 10.1. The molecule has 1 aromatic carbocycles. The molecule has 0 unspecified atom stereocenters. The molecule has 1 aromatic rings. The maximum atomic E-state index is 11.6. The van der Waals surface area contributed by atoms with Crippen molar-refractivity contribution in [3.05, 3.63) is 46.0 Å². The number of carbonyl (C=O) groups is 1. The number of thiocarbonyl (C=S) groups is 1. The van der Waals surface area contributed by atoms with Crippen molar-refractivity contribution in [3.63, 3.8) is 0 Å². The number of hydrogen-bond donors (Lipinski definition) is 3. The average Bonchev–Trinajstić information content (AvgIpc) is 2.41. The second kappa shape index (κ2) is 7.51. The molecule has 0 saturated carbocycles. The van der Waals surface area contributed by atoms with Gasteiger partial charge in [0.2, 0.25) is 0 Å². The number of amides is 1. The third-order valence-corrected chi connectivity index (χ3v) is 2.54. The Balaban J connectivity index is 2.59. The van der Waals surface area contributed by atoms with Crippen molar-refractivity contribution < 1.29 is 9.72 Å². The summed E-state index contributed by atoms with van der Waals surface area (Å²) in [7, 11) is 0. The fourth-order valence-electron chi connectivity index (χ4n) is 1.49. The van der Waals surface area contributed by atoms with Gasteiger partial charge in [-0.05, 0) is 45.1 Å². The molecule has 0 radical (unpaired) electrons. The van der Waals surface area contributed by atoms with Gasteiger partial charge in [-0.25, -0.2) is 0 Å². The van der Waals surface area contributed by atoms with Crippen molar-refractivity contribution in [3.8, 4) is 0 Å². The van der Waals surface area contributed by atoms with Gasteiger partial charge in [0.15, 0.2) is 5.11 Å². The molecule has 0 spiro atoms. The normalized spacial score (nSPS) is 11.0. The molecule has 0 aliphatic rings. The summed E-state index contributed by atoms with van der Waals surface area (Å²) in [4.78, 5) is 22.0. The number of benzene rings is 1. The van der Waals surface area contributed by atoms with Crippen LogP contribution in [0.2, 0.25) is 0 Å². The maximum absolute atomic E-state index is 11.6. The Hall–Kier alpha value is -2.48. The topological polar surface area (TPSA) is 96.3 Å². The number of nitro benzene ring substituents is 1. The summed E-state index contributed by atoms with van der Waals surface area (Å²) < 4.78 is 0. The highest BCUT2D eigenvalue weighted by Gasteiger charge is 2.11. The predicted molar refractivity (Wildman–Crippen MR) is 88.9 cm³/mol. The summed E-state index contributed by atoms with van der Waals surface area (Å²) in [5.74, 6) is -0.476. The van der Waals surface area contributed by atoms with Crippen LogP contribution in [-0.2, 0) is 4.79 Å². The van der Waals surface area contributed by atoms with Gasteiger partial charge in [-0.3, -0.25) is 25.8 Å². The number of hydrazine groups is 1. The Kier molecular flexibility index (Phi) is 6.00. The molecule has 0 aromatic heterocycles. The Morgan fingerprint density at radius 3 is 2.50 bits per heavy atom. The van der Waals surface area contributed by atoms with Crippen molar-refractivity contribution in [1.29, 1.82) is 0 Å². The van der Waals surface area contributed by atoms with Crippen LogP contribution in [0.5, 0.6) is 0 Å². The monoisotopic (exact) mass is 322 g/mol. The van der Waals surface area contributed by atoms with E-state index < -0.39 is 10.8 Å². The second-order valence-electron chi connectivity index (χ2n) is 5.47. The molecule has 0 bridgehead atoms. The van der Waals surface area contributed by atoms with Gasteiger partial charge < -0.3 is 5.32 Å². The van der Waals surface area contributed by atoms with Crippen molar-refractivity contribution in [2.24, 2.45) is 0 Å². The zero-order valence-electron chi connectivity index (χ0n) is 12.5. The first-order valence-electron chi connectivity index (χ1n) is 6.49. The standard InChI is InChI=1S/C14H18N4O3S/c1-14(2,3)15-13(22)17-16-12(19)9-8-10-6-4-5-7-11(10)18(20)21/h4-9H,1-3H3,(H,16,19)(H2,15,17,22)/b9-8+. The molecule has 22 heavy (non-hydrogen) atoms. The van der Waals surface area contributed by atoms with Crippen LogP contribution in [0.15, 0.2) is 30.3 Å². The van der Waals surface area contributed by atoms with E-state index in [9.17, 15) is 14.9 Å². The summed E-state index contributed by atoms with van der Waals surface area (Å²) in [6.45, 7) is 5.78. The summed E-state index contributed by atoms with van der Waals surface area (Å²) in [5, 5.41) is 14.1. The lowest BCUT2D eigenvalue weighted by Gasteiger charge is -2.22. The molecule has 1 amide bonds. The minimum absolute atomic E-state index is 0.0653. The molecule has 8 heteroatoms. The smallest absolute Gasteiger partial charge is 0.276 e. The van der Waals surface area contributed by atoms with Crippen molar-refractivity contribution >= 4 is 35.0 Å². The van der Waals surface area contributed by atoms with E-state index >= 15 is 0 Å². The molecular weight excluding hydrogens is 304 g/mol. The Bertz CT molecular complexity index is 608. The fourth-order valence-corrected chi connectivity index (χ4v) is 1.85. The first-order valence-corrected chi connectivity index (χ1v) is 6.89. The largest absolute Gasteiger partial charge is 0.357 e. The third-order valence-electron chi connectivity index (χ3n) is 2.34. The van der Waals surface area contributed by atoms with Gasteiger partial charge >= 0.3 is 0 Å². The van der Waals surface area contributed by atoms with Gasteiger partial charge in [-0.15, -0.1) is 0 Å². The molecule has 1 rings (SSSR count). The van der Waals surface area contributed by atoms with E-state index in [1.807, 2.05) is 20.8 Å². The molecule has 0 aliphatic heterocycles. The third kappa shape index (κ3) is 6.31. The number of nitro groups is 1. The predicted octanol–water partition coefficient (Wildman–Crippen LogP) is 1.90. The van der Waals surface area contributed by atoms with Crippen molar-refractivity contribution in [1.82, 2.24) is 16.2 Å². The summed E-state index contributed by atoms with van der Waals surface area (Å²) in [6, 6.07) is 6.15. The maximum Gasteiger partial charge on any atom is 0.276 e. The SMILES string of the molecule is CC(C)(C)NC(=S)NNC(=O)/C=C/c1ccccc1[N+](=O)[O-]. The summed E-state index contributed by atoms with van der Waals surface area (Å²) in [5.41, 5.74) is 4.98. The zero-order valence-corrected chi connectivity index (χ0v) is 13.4. The average molecular weight is 322 g/mol. The molecule has 3 N–H and O–H groups in total. The van der Waals surface area contributed by atoms with Gasteiger partial charge in [0.25, 0.3) is 11.6 Å². The van der Waals surface area contributed by atoms with E-state index in [4.69, 9.17) is 12.2 Å². The molecule has 7 nitrogen and oxygen atoms in total. The van der Waals surface area contributed by atoms with Gasteiger partial charge in [0, 0.05) is 17.7 Å². The van der Waals surface area contributed by atoms with Crippen LogP contribution >= 0.6 is 12.2 Å². The Morgan fingerprint density at radius 1 is 1.27 bits per heavy atom. The number of carbonyl (C=O) groups excluding carboxylic acids is 1. The molecule has 118 valence electrons. The van der Waals surface area contributed by atoms with Crippen molar-refractivity contribution in [2.45, 2.75) is 26.3 Å². The molecule has 0 fully saturated rings. The van der Waals surface area contributed by atoms with E-state index in [1.54, 1.807) is 18.2 Å². The van der Waals surface area contributed by atoms with E-state index in [2.05, 4.69) is 16.2 Å². The quantitative estimate of drug-likeness (QED) is 0.340. The fraction of sp³-hybridized carbons (Fsp3) is 0.286. The van der Waals surface area contributed by atoms with Crippen LogP contribution in [0, 0.1) is 10.1 Å². The molecule has 0 aliphatic carbocycles. The van der Waals surface area contributed by atoms with Crippen LogP contribution in [0.1, 0.15) is 26.3 Å². The van der Waals surface area contributed by atoms with Crippen molar-refractivity contribution in [2.75, 3.05) is 0 Å². The number of para-hydroxylation sites is 1. The second-order valence-corrected chi connectivity index (χ2v) is 5.88. The van der Waals surface area contributed by atoms with E-state index in [0.29, 0.717) is 5.56 Å². The lowest BCUT2D eigenvalue weighted by Crippen LogP contribution is -2.51. The van der Waals surface area contributed by atoms with E-state index in [1.165, 1.54) is 18.2 Å². The Labute approximate surface area is 133 Å². The van der Waals surface area contributed by atoms with Crippen LogP contribution in [0.3, 0.4) is 0 Å². The lowest BCUT2D eigenvalue weighted by molar-refractivity contribution is -0.385. The summed E-state index contributed by atoms with van der Waals surface area (Å²) in [6.07, 6.45) is 2.56. The minimum atomic E-state index is -0.502. The van der Waals surface area contributed by atoms with Crippen LogP contribution < -0.4 is 16.2 Å². The first-order chi connectivity index (χ1) is 10.2. The highest BCUT2D eigenvalue weighted by atomic mass is 32.1. The molecule has 0 atom stereocenters. The van der Waals surface area contributed by atoms with Crippen LogP contribution in [0.4, 0.5) is 5.69 Å². The van der Waals surface area contributed by atoms with Crippen LogP contribution in [0.25, 0.3) is 6.08 Å². The minimum Gasteiger partial charge on any atom is -0.357 e. The number of rotatable bonds is 3. The van der Waals surface area contributed by atoms with E-state index in [0.717, 1.165) is 0 Å². The van der Waals surface area contributed by atoms with E-state index in [-0.39, 0.29) is 16.3 Å². The highest BCUT2D eigenvalue weighted by Crippen LogP contribution is 2.18.